The van der Waals surface area contributed by atoms with Crippen molar-refractivity contribution in [2.24, 2.45) is 0 Å². The predicted octanol–water partition coefficient (Wildman–Crippen LogP) is 11.3. The van der Waals surface area contributed by atoms with Crippen molar-refractivity contribution >= 4 is 32.2 Å². The Hall–Kier alpha value is -4.00. The number of ether oxygens (including phenoxy) is 2. The van der Waals surface area contributed by atoms with Crippen molar-refractivity contribution in [3.05, 3.63) is 139 Å². The minimum atomic E-state index is -7.50. The molecule has 0 fully saturated rings. The van der Waals surface area contributed by atoms with E-state index in [9.17, 15) is 39.2 Å². The number of halogens is 9. The van der Waals surface area contributed by atoms with Gasteiger partial charge in [-0.3, -0.25) is 0 Å². The van der Waals surface area contributed by atoms with Gasteiger partial charge < -0.3 is 9.47 Å². The molecule has 17 heteroatoms. The SMILES string of the molecule is COC(OC)(c1ccc(Sc2ccccc2)cc1)c1ccc(S2(OS(=O)(=O)C(F)(F)C(F)(F)C(F)(F)C(F)(F)F)c3ccccc3-c3ccccc32)cc1. The van der Waals surface area contributed by atoms with Gasteiger partial charge in [-0.2, -0.15) is 47.9 Å². The van der Waals surface area contributed by atoms with Crippen LogP contribution >= 0.6 is 22.1 Å². The Morgan fingerprint density at radius 1 is 0.537 bits per heavy atom. The smallest absolute Gasteiger partial charge is 0.346 e. The molecule has 0 bridgehead atoms. The summed E-state index contributed by atoms with van der Waals surface area (Å²) in [4.78, 5) is 1.39. The zero-order valence-electron chi connectivity index (χ0n) is 27.8. The summed E-state index contributed by atoms with van der Waals surface area (Å²) in [7, 11) is -8.78. The van der Waals surface area contributed by atoms with Gasteiger partial charge >= 0.3 is 33.4 Å². The Labute approximate surface area is 309 Å². The standard InChI is InChI=1S/C37H27F9O5S3/c1-49-33(50-2,24-16-20-27(21-17-24)52-26-10-4-3-5-11-26)25-18-22-28(23-19-25)53(31-14-8-6-12-29(31)30-13-7-9-15-32(30)53)51-54(47,48)37(45,46)35(40,41)34(38,39)36(42,43)44/h3-23H,1-2H3. The van der Waals surface area contributed by atoms with E-state index in [2.05, 4.69) is 0 Å². The van der Waals surface area contributed by atoms with Gasteiger partial charge in [0.05, 0.1) is 0 Å². The van der Waals surface area contributed by atoms with Crippen LogP contribution in [-0.4, -0.2) is 45.9 Å². The number of methoxy groups -OCH3 is 2. The Morgan fingerprint density at radius 3 is 1.43 bits per heavy atom. The van der Waals surface area contributed by atoms with Crippen LogP contribution in [0.15, 0.2) is 152 Å². The van der Waals surface area contributed by atoms with E-state index in [1.165, 1.54) is 98.8 Å². The molecule has 0 spiro atoms. The second-order valence-corrected chi connectivity index (χ2v) is 17.3. The summed E-state index contributed by atoms with van der Waals surface area (Å²) >= 11 is 1.49. The summed E-state index contributed by atoms with van der Waals surface area (Å²) in [5.41, 5.74) is 1.20. The quantitative estimate of drug-likeness (QED) is 0.0923. The summed E-state index contributed by atoms with van der Waals surface area (Å²) in [6, 6.07) is 33.0. The molecule has 0 saturated carbocycles. The molecule has 5 aromatic rings. The first-order valence-electron chi connectivity index (χ1n) is 15.5. The van der Waals surface area contributed by atoms with E-state index in [-0.39, 0.29) is 31.4 Å². The molecule has 0 amide bonds. The molecule has 0 N–H and O–H groups in total. The van der Waals surface area contributed by atoms with Crippen molar-refractivity contribution in [3.8, 4) is 11.1 Å². The monoisotopic (exact) mass is 818 g/mol. The lowest BCUT2D eigenvalue weighted by molar-refractivity contribution is -0.382. The average molecular weight is 819 g/mol. The Kier molecular flexibility index (Phi) is 10.2. The fourth-order valence-electron chi connectivity index (χ4n) is 6.01. The van der Waals surface area contributed by atoms with E-state index in [1.54, 1.807) is 12.1 Å². The lowest BCUT2D eigenvalue weighted by atomic mass is 9.97. The van der Waals surface area contributed by atoms with E-state index in [0.29, 0.717) is 5.56 Å². The number of rotatable bonds is 12. The molecule has 5 aromatic carbocycles. The Balaban J connectivity index is 1.48. The highest BCUT2D eigenvalue weighted by molar-refractivity contribution is 8.33. The van der Waals surface area contributed by atoms with E-state index >= 15 is 8.78 Å². The molecule has 1 heterocycles. The molecule has 1 aliphatic rings. The second-order valence-electron chi connectivity index (χ2n) is 11.7. The summed E-state index contributed by atoms with van der Waals surface area (Å²) in [6.45, 7) is 0. The van der Waals surface area contributed by atoms with Crippen LogP contribution < -0.4 is 0 Å². The van der Waals surface area contributed by atoms with Crippen molar-refractivity contribution < 1.29 is 61.0 Å². The fourth-order valence-corrected chi connectivity index (χ4v) is 12.4. The zero-order chi connectivity index (χ0) is 39.4. The molecule has 0 saturated heterocycles. The van der Waals surface area contributed by atoms with Gasteiger partial charge in [-0.25, -0.2) is 3.63 Å². The molecule has 0 radical (unpaired) electrons. The topological polar surface area (TPSA) is 61.8 Å². The lowest BCUT2D eigenvalue weighted by Crippen LogP contribution is -2.63. The maximum Gasteiger partial charge on any atom is 0.460 e. The average Bonchev–Trinajstić information content (AvgIpc) is 3.42. The summed E-state index contributed by atoms with van der Waals surface area (Å²) in [5.74, 6) is -16.6. The maximum atomic E-state index is 15.3. The van der Waals surface area contributed by atoms with E-state index in [0.717, 1.165) is 9.79 Å². The van der Waals surface area contributed by atoms with Crippen molar-refractivity contribution in [2.45, 2.75) is 53.5 Å². The van der Waals surface area contributed by atoms with Crippen LogP contribution in [0.5, 0.6) is 0 Å². The Morgan fingerprint density at radius 2 is 0.963 bits per heavy atom. The molecular formula is C37H27F9O5S3. The summed E-state index contributed by atoms with van der Waals surface area (Å²) < 4.78 is 170. The second kappa shape index (κ2) is 13.9. The highest BCUT2D eigenvalue weighted by Gasteiger charge is 2.86. The predicted molar refractivity (Wildman–Crippen MR) is 183 cm³/mol. The summed E-state index contributed by atoms with van der Waals surface area (Å²) in [5, 5.41) is -7.09. The first-order valence-corrected chi connectivity index (χ1v) is 19.3. The molecular weight excluding hydrogens is 792 g/mol. The molecule has 6 rings (SSSR count). The molecule has 0 unspecified atom stereocenters. The molecule has 0 aliphatic carbocycles. The van der Waals surface area contributed by atoms with Crippen LogP contribution in [0.25, 0.3) is 11.1 Å². The molecule has 1 aliphatic heterocycles. The molecule has 5 nitrogen and oxygen atoms in total. The highest BCUT2D eigenvalue weighted by Crippen LogP contribution is 2.78. The Bertz CT molecular complexity index is 2200. The van der Waals surface area contributed by atoms with Gasteiger partial charge in [-0.15, -0.1) is 0 Å². The van der Waals surface area contributed by atoms with Gasteiger partial charge in [0.2, 0.25) is 5.79 Å². The normalized spacial score (nSPS) is 15.4. The van der Waals surface area contributed by atoms with Crippen LogP contribution in [0.3, 0.4) is 0 Å². The molecule has 0 atom stereocenters. The number of alkyl halides is 9. The molecule has 286 valence electrons. The van der Waals surface area contributed by atoms with Crippen LogP contribution in [0.4, 0.5) is 39.5 Å². The van der Waals surface area contributed by atoms with Crippen molar-refractivity contribution in [2.75, 3.05) is 14.2 Å². The number of fused-ring (bicyclic) bond motifs is 3. The van der Waals surface area contributed by atoms with E-state index < -0.39 is 49.5 Å². The number of hydrogen-bond donors (Lipinski definition) is 0. The minimum absolute atomic E-state index is 0.125. The minimum Gasteiger partial charge on any atom is -0.346 e. The lowest BCUT2D eigenvalue weighted by Gasteiger charge is -2.40. The van der Waals surface area contributed by atoms with E-state index in [4.69, 9.17) is 13.1 Å². The number of hydrogen-bond acceptors (Lipinski definition) is 6. The largest absolute Gasteiger partial charge is 0.460 e. The van der Waals surface area contributed by atoms with Crippen LogP contribution in [0.2, 0.25) is 0 Å². The summed E-state index contributed by atoms with van der Waals surface area (Å²) in [6.07, 6.45) is -7.25. The maximum absolute atomic E-state index is 15.3. The third kappa shape index (κ3) is 6.09. The van der Waals surface area contributed by atoms with Gasteiger partial charge in [-0.05, 0) is 70.0 Å². The molecule has 54 heavy (non-hydrogen) atoms. The molecule has 0 aromatic heterocycles. The van der Waals surface area contributed by atoms with Crippen molar-refractivity contribution in [3.63, 3.8) is 0 Å². The zero-order valence-corrected chi connectivity index (χ0v) is 30.2. The third-order valence-corrected chi connectivity index (χ3v) is 15.0. The highest BCUT2D eigenvalue weighted by atomic mass is 32.3. The van der Waals surface area contributed by atoms with Crippen LogP contribution in [0.1, 0.15) is 11.1 Å². The van der Waals surface area contributed by atoms with Gasteiger partial charge in [0.15, 0.2) is 0 Å². The number of benzene rings is 5. The van der Waals surface area contributed by atoms with Crippen molar-refractivity contribution in [1.29, 1.82) is 0 Å². The van der Waals surface area contributed by atoms with Gasteiger partial charge in [0, 0.05) is 49.8 Å². The fraction of sp³-hybridized carbons (Fsp3) is 0.189. The van der Waals surface area contributed by atoms with Crippen LogP contribution in [-0.2, 0) is 29.0 Å². The van der Waals surface area contributed by atoms with Crippen molar-refractivity contribution in [1.82, 2.24) is 0 Å². The van der Waals surface area contributed by atoms with Gasteiger partial charge in [0.1, 0.15) is 0 Å². The van der Waals surface area contributed by atoms with Crippen LogP contribution in [0, 0.1) is 0 Å². The third-order valence-electron chi connectivity index (χ3n) is 8.66. The van der Waals surface area contributed by atoms with E-state index in [1.807, 2.05) is 42.5 Å². The first-order chi connectivity index (χ1) is 25.3. The first kappa shape index (κ1) is 39.7. The van der Waals surface area contributed by atoms with Gasteiger partial charge in [0.25, 0.3) is 0 Å². The van der Waals surface area contributed by atoms with Gasteiger partial charge in [-0.1, -0.05) is 90.6 Å².